The minimum Gasteiger partial charge on any atom is -0.394 e. The molecule has 0 aliphatic carbocycles. The number of hydrogen-bond donors (Lipinski definition) is 1. The standard InChI is InChI=1S/C12H19N3O3/c1-7(6-16)14(4)11(17)10-8(2)9(3)13-15(5)12(10)18/h7,16H,6H2,1-5H3. The fraction of sp³-hybridized carbons (Fsp3) is 0.583. The molecule has 0 bridgehead atoms. The fourth-order valence-electron chi connectivity index (χ4n) is 1.60. The minimum absolute atomic E-state index is 0.118. The number of rotatable bonds is 3. The molecule has 1 aromatic rings. The van der Waals surface area contributed by atoms with Crippen molar-refractivity contribution in [2.75, 3.05) is 13.7 Å². The first-order chi connectivity index (χ1) is 8.31. The zero-order valence-corrected chi connectivity index (χ0v) is 11.4. The molecule has 100 valence electrons. The van der Waals surface area contributed by atoms with Gasteiger partial charge in [0.2, 0.25) is 0 Å². The number of carbonyl (C=O) groups excluding carboxylic acids is 1. The molecule has 18 heavy (non-hydrogen) atoms. The van der Waals surface area contributed by atoms with Gasteiger partial charge in [0.15, 0.2) is 0 Å². The average molecular weight is 253 g/mol. The summed E-state index contributed by atoms with van der Waals surface area (Å²) in [7, 11) is 3.08. The molecule has 6 heteroatoms. The first-order valence-electron chi connectivity index (χ1n) is 5.73. The summed E-state index contributed by atoms with van der Waals surface area (Å²) in [5, 5.41) is 13.1. The lowest BCUT2D eigenvalue weighted by Gasteiger charge is -2.23. The summed E-state index contributed by atoms with van der Waals surface area (Å²) in [6.45, 7) is 5.02. The number of hydrogen-bond acceptors (Lipinski definition) is 4. The highest BCUT2D eigenvalue weighted by Gasteiger charge is 2.23. The molecule has 0 aliphatic rings. The van der Waals surface area contributed by atoms with Crippen molar-refractivity contribution in [3.05, 3.63) is 27.2 Å². The summed E-state index contributed by atoms with van der Waals surface area (Å²) in [5.41, 5.74) is 0.929. The van der Waals surface area contributed by atoms with E-state index in [1.165, 1.54) is 11.9 Å². The maximum absolute atomic E-state index is 12.3. The molecule has 0 radical (unpaired) electrons. The number of likely N-dealkylation sites (N-methyl/N-ethyl adjacent to an activating group) is 1. The van der Waals surface area contributed by atoms with Crippen LogP contribution in [-0.2, 0) is 7.05 Å². The van der Waals surface area contributed by atoms with E-state index >= 15 is 0 Å². The normalized spacial score (nSPS) is 12.3. The molecule has 0 aliphatic heterocycles. The van der Waals surface area contributed by atoms with Crippen LogP contribution in [0.5, 0.6) is 0 Å². The number of amides is 1. The smallest absolute Gasteiger partial charge is 0.279 e. The van der Waals surface area contributed by atoms with Gasteiger partial charge >= 0.3 is 0 Å². The lowest BCUT2D eigenvalue weighted by molar-refractivity contribution is 0.0678. The quantitative estimate of drug-likeness (QED) is 0.813. The fourth-order valence-corrected chi connectivity index (χ4v) is 1.60. The average Bonchev–Trinajstić information content (AvgIpc) is 2.34. The predicted octanol–water partition coefficient (Wildman–Crippen LogP) is -0.150. The van der Waals surface area contributed by atoms with Crippen molar-refractivity contribution in [1.82, 2.24) is 14.7 Å². The topological polar surface area (TPSA) is 75.4 Å². The van der Waals surface area contributed by atoms with Crippen molar-refractivity contribution in [2.45, 2.75) is 26.8 Å². The van der Waals surface area contributed by atoms with Gasteiger partial charge in [-0.05, 0) is 26.3 Å². The Hall–Kier alpha value is -1.69. The molecule has 0 saturated heterocycles. The molecule has 1 amide bonds. The molecule has 0 aromatic carbocycles. The molecule has 0 fully saturated rings. The highest BCUT2D eigenvalue weighted by molar-refractivity contribution is 5.95. The second kappa shape index (κ2) is 5.30. The predicted molar refractivity (Wildman–Crippen MR) is 67.6 cm³/mol. The molecule has 0 spiro atoms. The van der Waals surface area contributed by atoms with Gasteiger partial charge in [0.05, 0.1) is 18.3 Å². The maximum Gasteiger partial charge on any atom is 0.279 e. The number of aryl methyl sites for hydroxylation is 2. The Kier molecular flexibility index (Phi) is 4.24. The summed E-state index contributed by atoms with van der Waals surface area (Å²) in [4.78, 5) is 25.6. The summed E-state index contributed by atoms with van der Waals surface area (Å²) in [6.07, 6.45) is 0. The molecule has 1 heterocycles. The Morgan fingerprint density at radius 1 is 1.50 bits per heavy atom. The number of aromatic nitrogens is 2. The van der Waals surface area contributed by atoms with Crippen molar-refractivity contribution >= 4 is 5.91 Å². The molecular weight excluding hydrogens is 234 g/mol. The van der Waals surface area contributed by atoms with Gasteiger partial charge in [-0.1, -0.05) is 0 Å². The summed E-state index contributed by atoms with van der Waals surface area (Å²) in [5.74, 6) is -0.389. The van der Waals surface area contributed by atoms with E-state index in [0.29, 0.717) is 11.3 Å². The molecule has 1 aromatic heterocycles. The maximum atomic E-state index is 12.3. The van der Waals surface area contributed by atoms with Crippen LogP contribution in [0.15, 0.2) is 4.79 Å². The van der Waals surface area contributed by atoms with Crippen LogP contribution in [0.25, 0.3) is 0 Å². The van der Waals surface area contributed by atoms with Crippen molar-refractivity contribution in [3.63, 3.8) is 0 Å². The number of aliphatic hydroxyl groups excluding tert-OH is 1. The summed E-state index contributed by atoms with van der Waals surface area (Å²) < 4.78 is 1.16. The largest absolute Gasteiger partial charge is 0.394 e. The van der Waals surface area contributed by atoms with Gasteiger partial charge in [0, 0.05) is 14.1 Å². The minimum atomic E-state index is -0.417. The lowest BCUT2D eigenvalue weighted by atomic mass is 10.1. The third-order valence-corrected chi connectivity index (χ3v) is 3.19. The lowest BCUT2D eigenvalue weighted by Crippen LogP contribution is -2.41. The molecule has 1 rings (SSSR count). The third-order valence-electron chi connectivity index (χ3n) is 3.19. The zero-order valence-electron chi connectivity index (χ0n) is 11.4. The van der Waals surface area contributed by atoms with E-state index in [1.807, 2.05) is 0 Å². The molecular formula is C12H19N3O3. The Balaban J connectivity index is 3.34. The first kappa shape index (κ1) is 14.4. The second-order valence-electron chi connectivity index (χ2n) is 4.46. The van der Waals surface area contributed by atoms with E-state index in [1.54, 1.807) is 27.8 Å². The third kappa shape index (κ3) is 2.43. The highest BCUT2D eigenvalue weighted by atomic mass is 16.3. The number of aliphatic hydroxyl groups is 1. The van der Waals surface area contributed by atoms with Crippen LogP contribution >= 0.6 is 0 Å². The Labute approximate surface area is 106 Å². The van der Waals surface area contributed by atoms with Crippen molar-refractivity contribution in [3.8, 4) is 0 Å². The van der Waals surface area contributed by atoms with Gasteiger partial charge in [0.1, 0.15) is 5.56 Å². The number of carbonyl (C=O) groups is 1. The molecule has 6 nitrogen and oxygen atoms in total. The molecule has 1 atom stereocenters. The van der Waals surface area contributed by atoms with Crippen LogP contribution in [0, 0.1) is 13.8 Å². The van der Waals surface area contributed by atoms with Crippen LogP contribution in [-0.4, -0.2) is 45.4 Å². The van der Waals surface area contributed by atoms with Gasteiger partial charge in [-0.25, -0.2) is 4.68 Å². The van der Waals surface area contributed by atoms with Crippen LogP contribution in [0.2, 0.25) is 0 Å². The monoisotopic (exact) mass is 253 g/mol. The summed E-state index contributed by atoms with van der Waals surface area (Å²) in [6, 6.07) is -0.338. The number of nitrogens with zero attached hydrogens (tertiary/aromatic N) is 3. The van der Waals surface area contributed by atoms with Crippen LogP contribution < -0.4 is 5.56 Å². The summed E-state index contributed by atoms with van der Waals surface area (Å²) >= 11 is 0. The van der Waals surface area contributed by atoms with Gasteiger partial charge < -0.3 is 10.0 Å². The van der Waals surface area contributed by atoms with Crippen molar-refractivity contribution in [2.24, 2.45) is 7.05 Å². The van der Waals surface area contributed by atoms with E-state index in [4.69, 9.17) is 5.11 Å². The van der Waals surface area contributed by atoms with Gasteiger partial charge in [-0.2, -0.15) is 5.10 Å². The van der Waals surface area contributed by atoms with Gasteiger partial charge in [-0.15, -0.1) is 0 Å². The van der Waals surface area contributed by atoms with Gasteiger partial charge in [0.25, 0.3) is 11.5 Å². The Morgan fingerprint density at radius 3 is 2.56 bits per heavy atom. The van der Waals surface area contributed by atoms with E-state index < -0.39 is 5.56 Å². The van der Waals surface area contributed by atoms with E-state index in [-0.39, 0.29) is 24.1 Å². The van der Waals surface area contributed by atoms with Crippen molar-refractivity contribution < 1.29 is 9.90 Å². The molecule has 0 saturated carbocycles. The Morgan fingerprint density at radius 2 is 2.06 bits per heavy atom. The molecule has 1 unspecified atom stereocenters. The van der Waals surface area contributed by atoms with Crippen LogP contribution in [0.3, 0.4) is 0 Å². The van der Waals surface area contributed by atoms with E-state index in [0.717, 1.165) is 4.68 Å². The van der Waals surface area contributed by atoms with Crippen LogP contribution in [0.1, 0.15) is 28.5 Å². The van der Waals surface area contributed by atoms with Crippen LogP contribution in [0.4, 0.5) is 0 Å². The highest BCUT2D eigenvalue weighted by Crippen LogP contribution is 2.10. The molecule has 1 N–H and O–H groups in total. The van der Waals surface area contributed by atoms with E-state index in [2.05, 4.69) is 5.10 Å². The van der Waals surface area contributed by atoms with E-state index in [9.17, 15) is 9.59 Å². The second-order valence-corrected chi connectivity index (χ2v) is 4.46. The van der Waals surface area contributed by atoms with Gasteiger partial charge in [-0.3, -0.25) is 9.59 Å². The van der Waals surface area contributed by atoms with Crippen molar-refractivity contribution in [1.29, 1.82) is 0 Å². The SMILES string of the molecule is Cc1nn(C)c(=O)c(C(=O)N(C)C(C)CO)c1C. The first-order valence-corrected chi connectivity index (χ1v) is 5.73. The zero-order chi connectivity index (χ0) is 14.0. The Bertz CT molecular complexity index is 522.